The molecule has 6 nitrogen and oxygen atoms in total. The van der Waals surface area contributed by atoms with Crippen LogP contribution in [0.15, 0.2) is 0 Å². The maximum absolute atomic E-state index is 13.3. The number of rotatable bonds is 8. The van der Waals surface area contributed by atoms with Gasteiger partial charge < -0.3 is 19.1 Å². The van der Waals surface area contributed by atoms with E-state index in [2.05, 4.69) is 0 Å². The lowest BCUT2D eigenvalue weighted by Gasteiger charge is -2.37. The maximum Gasteiger partial charge on any atom is 0.156 e. The molecule has 0 atom stereocenters. The molecule has 0 spiro atoms. The van der Waals surface area contributed by atoms with Crippen molar-refractivity contribution in [1.29, 1.82) is 0 Å². The van der Waals surface area contributed by atoms with E-state index >= 15 is 0 Å². The molecule has 0 radical (unpaired) electrons. The quantitative estimate of drug-likeness (QED) is 0.471. The first-order chi connectivity index (χ1) is 16.0. The van der Waals surface area contributed by atoms with Crippen molar-refractivity contribution in [2.45, 2.75) is 138 Å². The lowest BCUT2D eigenvalue weighted by Crippen LogP contribution is -2.40. The van der Waals surface area contributed by atoms with Gasteiger partial charge in [0.15, 0.2) is 9.84 Å². The molecule has 0 N–H and O–H groups in total. The van der Waals surface area contributed by atoms with Crippen LogP contribution in [0.1, 0.15) is 103 Å². The van der Waals surface area contributed by atoms with Crippen LogP contribution < -0.4 is 0 Å². The molecule has 4 fully saturated rings. The van der Waals surface area contributed by atoms with Gasteiger partial charge in [0.25, 0.3) is 0 Å². The van der Waals surface area contributed by atoms with Crippen molar-refractivity contribution in [2.75, 3.05) is 0 Å². The Morgan fingerprint density at radius 1 is 0.455 bits per heavy atom. The Morgan fingerprint density at radius 3 is 1.00 bits per heavy atom. The van der Waals surface area contributed by atoms with Gasteiger partial charge in [-0.3, -0.25) is 0 Å². The molecule has 33 heavy (non-hydrogen) atoms. The zero-order chi connectivity index (χ0) is 23.3. The Labute approximate surface area is 199 Å². The fourth-order valence-electron chi connectivity index (χ4n) is 6.53. The summed E-state index contributed by atoms with van der Waals surface area (Å²) in [5.41, 5.74) is 0. The third kappa shape index (κ3) is 6.66. The molecule has 188 valence electrons. The number of hydrogen-bond donors (Lipinski definition) is 0. The Hall–Kier alpha value is -0.790. The molecule has 4 aliphatic rings. The van der Waals surface area contributed by atoms with Crippen molar-refractivity contribution in [3.63, 3.8) is 0 Å². The summed E-state index contributed by atoms with van der Waals surface area (Å²) in [6, 6.07) is 0. The van der Waals surface area contributed by atoms with E-state index in [1.165, 1.54) is 0 Å². The number of aldehydes is 2. The molecular formula is C26H42O6S. The summed E-state index contributed by atoms with van der Waals surface area (Å²) in [6.07, 6.45) is 16.7. The Morgan fingerprint density at radius 2 is 0.727 bits per heavy atom. The Kier molecular flexibility index (Phi) is 9.02. The second-order valence-electron chi connectivity index (χ2n) is 11.0. The first-order valence-electron chi connectivity index (χ1n) is 13.4. The van der Waals surface area contributed by atoms with Crippen molar-refractivity contribution in [3.8, 4) is 0 Å². The molecule has 0 aliphatic heterocycles. The molecule has 0 bridgehead atoms. The average molecular weight is 483 g/mol. The summed E-state index contributed by atoms with van der Waals surface area (Å²) in [4.78, 5) is 21.9. The van der Waals surface area contributed by atoms with Gasteiger partial charge >= 0.3 is 0 Å². The zero-order valence-corrected chi connectivity index (χ0v) is 20.8. The summed E-state index contributed by atoms with van der Waals surface area (Å²) in [5.74, 6) is 0.396. The predicted molar refractivity (Wildman–Crippen MR) is 127 cm³/mol. The highest BCUT2D eigenvalue weighted by atomic mass is 32.2. The molecule has 7 heteroatoms. The first kappa shape index (κ1) is 25.3. The molecule has 0 aromatic heterocycles. The number of ether oxygens (including phenoxy) is 2. The molecule has 0 heterocycles. The molecule has 0 unspecified atom stereocenters. The van der Waals surface area contributed by atoms with Crippen LogP contribution in [-0.2, 0) is 28.9 Å². The fraction of sp³-hybridized carbons (Fsp3) is 0.923. The Balaban J connectivity index is 1.17. The fourth-order valence-corrected chi connectivity index (χ4v) is 8.93. The second kappa shape index (κ2) is 11.8. The van der Waals surface area contributed by atoms with Crippen molar-refractivity contribution >= 4 is 22.4 Å². The third-order valence-corrected chi connectivity index (χ3v) is 11.6. The van der Waals surface area contributed by atoms with Gasteiger partial charge in [-0.15, -0.1) is 0 Å². The number of carbonyl (C=O) groups excluding carboxylic acids is 2. The summed E-state index contributed by atoms with van der Waals surface area (Å²) in [7, 11) is -3.11. The largest absolute Gasteiger partial charge is 0.375 e. The minimum atomic E-state index is -3.11. The number of carbonyl (C=O) groups is 2. The van der Waals surface area contributed by atoms with Gasteiger partial charge in [-0.05, 0) is 103 Å². The maximum atomic E-state index is 13.3. The van der Waals surface area contributed by atoms with E-state index in [9.17, 15) is 18.0 Å². The number of hydrogen-bond acceptors (Lipinski definition) is 6. The van der Waals surface area contributed by atoms with Crippen LogP contribution in [0.25, 0.3) is 0 Å². The highest BCUT2D eigenvalue weighted by Crippen LogP contribution is 2.36. The highest BCUT2D eigenvalue weighted by molar-refractivity contribution is 7.92. The van der Waals surface area contributed by atoms with Crippen molar-refractivity contribution in [1.82, 2.24) is 0 Å². The van der Waals surface area contributed by atoms with Crippen LogP contribution >= 0.6 is 0 Å². The molecule has 0 saturated heterocycles. The van der Waals surface area contributed by atoms with Gasteiger partial charge in [0.1, 0.15) is 12.6 Å². The molecule has 4 rings (SSSR count). The normalized spacial score (nSPS) is 40.7. The van der Waals surface area contributed by atoms with Crippen molar-refractivity contribution in [3.05, 3.63) is 0 Å². The lowest BCUT2D eigenvalue weighted by molar-refractivity contribution is -0.114. The smallest absolute Gasteiger partial charge is 0.156 e. The van der Waals surface area contributed by atoms with E-state index in [-0.39, 0.29) is 46.8 Å². The molecule has 0 aromatic rings. The van der Waals surface area contributed by atoms with Crippen molar-refractivity contribution < 1.29 is 27.5 Å². The van der Waals surface area contributed by atoms with E-state index in [1.54, 1.807) is 0 Å². The topological polar surface area (TPSA) is 86.7 Å². The molecule has 0 amide bonds. The Bertz CT molecular complexity index is 664. The summed E-state index contributed by atoms with van der Waals surface area (Å²) in [6.45, 7) is 0. The summed E-state index contributed by atoms with van der Waals surface area (Å²) >= 11 is 0. The van der Waals surface area contributed by atoms with Gasteiger partial charge in [-0.2, -0.15) is 0 Å². The van der Waals surface area contributed by atoms with Crippen molar-refractivity contribution in [2.24, 2.45) is 11.8 Å². The lowest BCUT2D eigenvalue weighted by atomic mass is 9.88. The predicted octanol–water partition coefficient (Wildman–Crippen LogP) is 4.57. The minimum absolute atomic E-state index is 0.174. The van der Waals surface area contributed by atoms with Gasteiger partial charge in [0.2, 0.25) is 0 Å². The van der Waals surface area contributed by atoms with E-state index in [1.807, 2.05) is 0 Å². The van der Waals surface area contributed by atoms with Gasteiger partial charge in [-0.25, -0.2) is 8.42 Å². The SMILES string of the molecule is O=CC1CCC(OC2CCC(S(=O)(=O)C3CCC(OC4CCC(C=O)CC4)CC3)CC2)CC1. The van der Waals surface area contributed by atoms with E-state index in [4.69, 9.17) is 9.47 Å². The second-order valence-corrected chi connectivity index (χ2v) is 13.5. The number of sulfone groups is 1. The molecule has 0 aromatic carbocycles. The van der Waals surface area contributed by atoms with Crippen LogP contribution in [-0.4, -0.2) is 55.9 Å². The first-order valence-corrected chi connectivity index (χ1v) is 15.0. The monoisotopic (exact) mass is 482 g/mol. The summed E-state index contributed by atoms with van der Waals surface area (Å²) < 4.78 is 39.2. The van der Waals surface area contributed by atoms with Crippen LogP contribution in [0.2, 0.25) is 0 Å². The molecule has 4 saturated carbocycles. The van der Waals surface area contributed by atoms with Crippen LogP contribution in [0.3, 0.4) is 0 Å². The third-order valence-electron chi connectivity index (χ3n) is 8.76. The molecule has 4 aliphatic carbocycles. The van der Waals surface area contributed by atoms with Gasteiger partial charge in [0, 0.05) is 11.8 Å². The van der Waals surface area contributed by atoms with Crippen LogP contribution in [0.5, 0.6) is 0 Å². The highest BCUT2D eigenvalue weighted by Gasteiger charge is 2.39. The average Bonchev–Trinajstić information content (AvgIpc) is 2.86. The standard InChI is InChI=1S/C26H42O6S/c27-17-19-1-5-21(6-2-19)31-23-9-13-25(14-10-23)33(29,30)26-15-11-24(12-16-26)32-22-7-3-20(18-28)4-8-22/h17-26H,1-16H2. The van der Waals surface area contributed by atoms with Crippen LogP contribution in [0, 0.1) is 11.8 Å². The van der Waals surface area contributed by atoms with E-state index < -0.39 is 9.84 Å². The molecular weight excluding hydrogens is 440 g/mol. The van der Waals surface area contributed by atoms with E-state index in [0.717, 1.165) is 89.6 Å². The van der Waals surface area contributed by atoms with E-state index in [0.29, 0.717) is 25.7 Å². The van der Waals surface area contributed by atoms with Gasteiger partial charge in [0.05, 0.1) is 34.9 Å². The minimum Gasteiger partial charge on any atom is -0.375 e. The van der Waals surface area contributed by atoms with Gasteiger partial charge in [-0.1, -0.05) is 0 Å². The van der Waals surface area contributed by atoms with Crippen LogP contribution in [0.4, 0.5) is 0 Å². The zero-order valence-electron chi connectivity index (χ0n) is 19.9. The summed E-state index contributed by atoms with van der Waals surface area (Å²) in [5, 5.41) is -0.437.